The highest BCUT2D eigenvalue weighted by atomic mass is 16.5. The van der Waals surface area contributed by atoms with E-state index in [1.165, 1.54) is 0 Å². The van der Waals surface area contributed by atoms with E-state index in [-0.39, 0.29) is 11.3 Å². The van der Waals surface area contributed by atoms with Crippen molar-refractivity contribution in [2.45, 2.75) is 59.0 Å². The molecule has 1 amide bonds. The minimum Gasteiger partial charge on any atom is -0.337 e. The number of hydrogen-bond donors (Lipinski definition) is 1. The van der Waals surface area contributed by atoms with Crippen molar-refractivity contribution >= 4 is 5.91 Å². The van der Waals surface area contributed by atoms with Crippen molar-refractivity contribution in [3.05, 3.63) is 11.7 Å². The van der Waals surface area contributed by atoms with Crippen LogP contribution in [0, 0.1) is 5.41 Å². The molecule has 0 atom stereocenters. The number of aromatic nitrogens is 2. The van der Waals surface area contributed by atoms with E-state index < -0.39 is 5.54 Å². The Kier molecular flexibility index (Phi) is 3.86. The van der Waals surface area contributed by atoms with Crippen LogP contribution in [0.15, 0.2) is 4.52 Å². The van der Waals surface area contributed by atoms with Crippen LogP contribution in [0.1, 0.15) is 58.7 Å². The van der Waals surface area contributed by atoms with E-state index >= 15 is 0 Å². The molecule has 1 aliphatic heterocycles. The molecule has 0 aliphatic carbocycles. The van der Waals surface area contributed by atoms with Crippen molar-refractivity contribution in [3.63, 3.8) is 0 Å². The van der Waals surface area contributed by atoms with E-state index in [4.69, 9.17) is 10.3 Å². The zero-order valence-electron chi connectivity index (χ0n) is 12.8. The van der Waals surface area contributed by atoms with Gasteiger partial charge >= 0.3 is 0 Å². The van der Waals surface area contributed by atoms with Gasteiger partial charge in [-0.1, -0.05) is 19.0 Å². The molecule has 6 heteroatoms. The van der Waals surface area contributed by atoms with Gasteiger partial charge in [0.15, 0.2) is 5.82 Å². The lowest BCUT2D eigenvalue weighted by Crippen LogP contribution is -2.31. The Balaban J connectivity index is 2.05. The molecule has 112 valence electrons. The maximum absolute atomic E-state index is 12.1. The Morgan fingerprint density at radius 1 is 1.40 bits per heavy atom. The third-order valence-corrected chi connectivity index (χ3v) is 3.80. The van der Waals surface area contributed by atoms with Crippen LogP contribution in [0.3, 0.4) is 0 Å². The molecule has 0 bridgehead atoms. The summed E-state index contributed by atoms with van der Waals surface area (Å²) in [5, 5.41) is 3.88. The molecule has 2 rings (SSSR count). The normalized spacial score (nSPS) is 20.1. The Labute approximate surface area is 119 Å². The summed E-state index contributed by atoms with van der Waals surface area (Å²) in [6.07, 6.45) is 2.49. The first-order valence-electron chi connectivity index (χ1n) is 7.07. The fourth-order valence-corrected chi connectivity index (χ4v) is 2.20. The monoisotopic (exact) mass is 280 g/mol. The average Bonchev–Trinajstić information content (AvgIpc) is 2.75. The Morgan fingerprint density at radius 3 is 2.70 bits per heavy atom. The lowest BCUT2D eigenvalue weighted by Gasteiger charge is -2.22. The van der Waals surface area contributed by atoms with Gasteiger partial charge in [-0.05, 0) is 32.1 Å². The molecule has 1 aromatic heterocycles. The van der Waals surface area contributed by atoms with Gasteiger partial charge in [-0.2, -0.15) is 4.98 Å². The van der Waals surface area contributed by atoms with Gasteiger partial charge in [-0.15, -0.1) is 0 Å². The summed E-state index contributed by atoms with van der Waals surface area (Å²) in [6.45, 7) is 9.15. The molecule has 0 unspecified atom stereocenters. The molecule has 2 N–H and O–H groups in total. The molecular formula is C14H24N4O2. The third kappa shape index (κ3) is 3.56. The van der Waals surface area contributed by atoms with Gasteiger partial charge in [0.05, 0.1) is 12.1 Å². The highest BCUT2D eigenvalue weighted by molar-refractivity contribution is 5.76. The summed E-state index contributed by atoms with van der Waals surface area (Å²) in [5.41, 5.74) is 5.51. The zero-order valence-corrected chi connectivity index (χ0v) is 12.8. The summed E-state index contributed by atoms with van der Waals surface area (Å²) in [5.74, 6) is 1.07. The standard InChI is InChI=1S/C14H24N4O2/c1-13(2)6-5-11(19)18(8-7-13)9-10-16-12(17-20-10)14(3,4)15/h5-9,15H2,1-4H3. The van der Waals surface area contributed by atoms with E-state index in [1.54, 1.807) is 4.90 Å². The molecule has 1 fully saturated rings. The fourth-order valence-electron chi connectivity index (χ4n) is 2.20. The zero-order chi connectivity index (χ0) is 15.0. The summed E-state index contributed by atoms with van der Waals surface area (Å²) in [4.78, 5) is 18.2. The smallest absolute Gasteiger partial charge is 0.246 e. The van der Waals surface area contributed by atoms with Crippen LogP contribution in [0.5, 0.6) is 0 Å². The van der Waals surface area contributed by atoms with Gasteiger partial charge in [0.1, 0.15) is 0 Å². The van der Waals surface area contributed by atoms with Gasteiger partial charge in [0.25, 0.3) is 0 Å². The fraction of sp³-hybridized carbons (Fsp3) is 0.786. The van der Waals surface area contributed by atoms with Crippen LogP contribution >= 0.6 is 0 Å². The first kappa shape index (κ1) is 15.0. The Bertz CT molecular complexity index is 488. The molecule has 0 aromatic carbocycles. The summed E-state index contributed by atoms with van der Waals surface area (Å²) in [6, 6.07) is 0. The van der Waals surface area contributed by atoms with Crippen LogP contribution in [-0.4, -0.2) is 27.5 Å². The van der Waals surface area contributed by atoms with Gasteiger partial charge in [0.2, 0.25) is 11.8 Å². The maximum atomic E-state index is 12.1. The third-order valence-electron chi connectivity index (χ3n) is 3.80. The van der Waals surface area contributed by atoms with E-state index in [0.29, 0.717) is 24.7 Å². The average molecular weight is 280 g/mol. The molecule has 2 heterocycles. The van der Waals surface area contributed by atoms with Crippen molar-refractivity contribution < 1.29 is 9.32 Å². The quantitative estimate of drug-likeness (QED) is 0.912. The lowest BCUT2D eigenvalue weighted by atomic mass is 9.85. The number of carbonyl (C=O) groups excluding carboxylic acids is 1. The molecule has 1 aromatic rings. The molecule has 1 aliphatic rings. The van der Waals surface area contributed by atoms with E-state index in [9.17, 15) is 4.79 Å². The Hall–Kier alpha value is -1.43. The molecule has 6 nitrogen and oxygen atoms in total. The summed E-state index contributed by atoms with van der Waals surface area (Å²) < 4.78 is 5.20. The Morgan fingerprint density at radius 2 is 2.10 bits per heavy atom. The van der Waals surface area contributed by atoms with Crippen molar-refractivity contribution in [1.29, 1.82) is 0 Å². The second-order valence-electron chi connectivity index (χ2n) is 6.96. The number of nitrogens with two attached hydrogens (primary N) is 1. The minimum absolute atomic E-state index is 0.155. The van der Waals surface area contributed by atoms with Gasteiger partial charge in [-0.25, -0.2) is 0 Å². The van der Waals surface area contributed by atoms with E-state index in [0.717, 1.165) is 19.4 Å². The molecule has 0 spiro atoms. The van der Waals surface area contributed by atoms with Crippen molar-refractivity contribution in [1.82, 2.24) is 15.0 Å². The first-order chi connectivity index (χ1) is 9.17. The number of hydrogen-bond acceptors (Lipinski definition) is 5. The van der Waals surface area contributed by atoms with Crippen molar-refractivity contribution in [3.8, 4) is 0 Å². The number of nitrogens with zero attached hydrogens (tertiary/aromatic N) is 3. The number of amides is 1. The van der Waals surface area contributed by atoms with Crippen LogP contribution in [-0.2, 0) is 16.9 Å². The predicted octanol–water partition coefficient (Wildman–Crippen LogP) is 1.80. The molecule has 20 heavy (non-hydrogen) atoms. The second kappa shape index (κ2) is 5.16. The number of likely N-dealkylation sites (tertiary alicyclic amines) is 1. The lowest BCUT2D eigenvalue weighted by molar-refractivity contribution is -0.131. The summed E-state index contributed by atoms with van der Waals surface area (Å²) >= 11 is 0. The summed E-state index contributed by atoms with van der Waals surface area (Å²) in [7, 11) is 0. The topological polar surface area (TPSA) is 85.2 Å². The van der Waals surface area contributed by atoms with E-state index in [1.807, 2.05) is 13.8 Å². The second-order valence-corrected chi connectivity index (χ2v) is 6.96. The van der Waals surface area contributed by atoms with Crippen LogP contribution in [0.2, 0.25) is 0 Å². The van der Waals surface area contributed by atoms with Gasteiger partial charge < -0.3 is 15.2 Å². The highest BCUT2D eigenvalue weighted by Crippen LogP contribution is 2.30. The largest absolute Gasteiger partial charge is 0.337 e. The SMILES string of the molecule is CC1(C)CCC(=O)N(Cc2nc(C(C)(C)N)no2)CC1. The first-order valence-corrected chi connectivity index (χ1v) is 7.07. The van der Waals surface area contributed by atoms with Gasteiger partial charge in [-0.3, -0.25) is 4.79 Å². The van der Waals surface area contributed by atoms with Gasteiger partial charge in [0, 0.05) is 13.0 Å². The van der Waals surface area contributed by atoms with E-state index in [2.05, 4.69) is 24.0 Å². The van der Waals surface area contributed by atoms with Crippen molar-refractivity contribution in [2.75, 3.05) is 6.54 Å². The predicted molar refractivity (Wildman–Crippen MR) is 74.6 cm³/mol. The van der Waals surface area contributed by atoms with Crippen molar-refractivity contribution in [2.24, 2.45) is 11.1 Å². The molecular weight excluding hydrogens is 256 g/mol. The van der Waals surface area contributed by atoms with Crippen LogP contribution in [0.4, 0.5) is 0 Å². The van der Waals surface area contributed by atoms with Crippen LogP contribution < -0.4 is 5.73 Å². The maximum Gasteiger partial charge on any atom is 0.246 e. The molecule has 0 radical (unpaired) electrons. The number of carbonyl (C=O) groups is 1. The molecule has 0 saturated carbocycles. The minimum atomic E-state index is -0.632. The highest BCUT2D eigenvalue weighted by Gasteiger charge is 2.29. The number of rotatable bonds is 3. The van der Waals surface area contributed by atoms with Crippen LogP contribution in [0.25, 0.3) is 0 Å². The molecule has 1 saturated heterocycles.